The van der Waals surface area contributed by atoms with Crippen molar-refractivity contribution >= 4 is 5.97 Å². The highest BCUT2D eigenvalue weighted by atomic mass is 16.9. The first-order chi connectivity index (χ1) is 8.19. The van der Waals surface area contributed by atoms with Gasteiger partial charge in [-0.1, -0.05) is 0 Å². The normalized spacial score (nSPS) is 42.8. The molecule has 4 rings (SSSR count). The van der Waals surface area contributed by atoms with Crippen molar-refractivity contribution in [2.45, 2.75) is 63.3 Å². The Balaban J connectivity index is 1.60. The van der Waals surface area contributed by atoms with E-state index >= 15 is 0 Å². The number of rotatable bonds is 4. The minimum absolute atomic E-state index is 0.223. The van der Waals surface area contributed by atoms with E-state index in [2.05, 4.69) is 0 Å². The zero-order valence-electron chi connectivity index (χ0n) is 10.0. The van der Waals surface area contributed by atoms with Crippen LogP contribution in [0.4, 0.5) is 0 Å². The molecule has 0 spiro atoms. The maximum Gasteiger partial charge on any atom is 0.306 e. The van der Waals surface area contributed by atoms with Crippen molar-refractivity contribution in [1.29, 1.82) is 0 Å². The van der Waals surface area contributed by atoms with Crippen LogP contribution < -0.4 is 0 Å². The highest BCUT2D eigenvalue weighted by Gasteiger charge is 2.54. The first-order valence-corrected chi connectivity index (χ1v) is 6.38. The van der Waals surface area contributed by atoms with Crippen LogP contribution in [0.5, 0.6) is 0 Å². The van der Waals surface area contributed by atoms with Gasteiger partial charge in [-0.15, -0.1) is 0 Å². The fourth-order valence-electron chi connectivity index (χ4n) is 2.97. The second-order valence-electron chi connectivity index (χ2n) is 4.91. The maximum atomic E-state index is 11.3. The average Bonchev–Trinajstić information content (AvgIpc) is 2.25. The van der Waals surface area contributed by atoms with Gasteiger partial charge >= 0.3 is 5.97 Å². The SMILES string of the molecule is CCOC(=O)CCC12OC3CC(CC(C3)O1)O2. The van der Waals surface area contributed by atoms with Gasteiger partial charge in [0.1, 0.15) is 0 Å². The Labute approximate surface area is 100 Å². The standard InChI is InChI=1S/C12H18O5/c1-2-14-11(13)3-4-12-15-8-5-9(16-12)7-10(6-8)17-12/h8-10H,2-7H2,1H3. The monoisotopic (exact) mass is 242 g/mol. The van der Waals surface area contributed by atoms with Gasteiger partial charge in [-0.2, -0.15) is 0 Å². The molecule has 4 aliphatic rings. The molecule has 5 nitrogen and oxygen atoms in total. The molecule has 0 aromatic rings. The Morgan fingerprint density at radius 2 is 1.71 bits per heavy atom. The van der Waals surface area contributed by atoms with Crippen molar-refractivity contribution in [3.63, 3.8) is 0 Å². The molecule has 3 heterocycles. The van der Waals surface area contributed by atoms with Gasteiger partial charge in [-0.25, -0.2) is 0 Å². The van der Waals surface area contributed by atoms with E-state index in [1.165, 1.54) is 0 Å². The van der Waals surface area contributed by atoms with Gasteiger partial charge in [0.2, 0.25) is 0 Å². The predicted octanol–water partition coefficient (Wildman–Crippen LogP) is 1.35. The Morgan fingerprint density at radius 1 is 1.18 bits per heavy atom. The van der Waals surface area contributed by atoms with Gasteiger partial charge < -0.3 is 18.9 Å². The summed E-state index contributed by atoms with van der Waals surface area (Å²) in [4.78, 5) is 11.3. The molecule has 0 N–H and O–H groups in total. The van der Waals surface area contributed by atoms with Gasteiger partial charge in [0.05, 0.1) is 31.3 Å². The van der Waals surface area contributed by atoms with Crippen molar-refractivity contribution in [1.82, 2.24) is 0 Å². The van der Waals surface area contributed by atoms with Gasteiger partial charge in [-0.05, 0) is 6.92 Å². The Hall–Kier alpha value is -0.650. The van der Waals surface area contributed by atoms with Crippen LogP contribution in [0.15, 0.2) is 0 Å². The molecule has 96 valence electrons. The summed E-state index contributed by atoms with van der Waals surface area (Å²) in [7, 11) is 0. The number of esters is 1. The van der Waals surface area contributed by atoms with E-state index < -0.39 is 5.97 Å². The summed E-state index contributed by atoms with van der Waals surface area (Å²) in [5, 5.41) is 0. The average molecular weight is 242 g/mol. The highest BCUT2D eigenvalue weighted by molar-refractivity contribution is 5.69. The molecule has 1 aliphatic carbocycles. The second kappa shape index (κ2) is 4.23. The van der Waals surface area contributed by atoms with E-state index in [1.807, 2.05) is 0 Å². The number of carbonyl (C=O) groups excluding carboxylic acids is 1. The highest BCUT2D eigenvalue weighted by Crippen LogP contribution is 2.46. The van der Waals surface area contributed by atoms with Crippen LogP contribution in [0.2, 0.25) is 0 Å². The largest absolute Gasteiger partial charge is 0.466 e. The molecule has 3 saturated heterocycles. The molecule has 0 unspecified atom stereocenters. The lowest BCUT2D eigenvalue weighted by molar-refractivity contribution is -0.495. The summed E-state index contributed by atoms with van der Waals surface area (Å²) >= 11 is 0. The molecular formula is C12H18O5. The molecule has 0 radical (unpaired) electrons. The fraction of sp³-hybridized carbons (Fsp3) is 0.917. The molecule has 0 aromatic carbocycles. The number of ether oxygens (including phenoxy) is 4. The van der Waals surface area contributed by atoms with Gasteiger partial charge in [-0.3, -0.25) is 4.79 Å². The summed E-state index contributed by atoms with van der Waals surface area (Å²) in [6.07, 6.45) is 4.30. The molecule has 5 heteroatoms. The van der Waals surface area contributed by atoms with E-state index in [1.54, 1.807) is 6.92 Å². The molecule has 0 aromatic heterocycles. The molecule has 0 amide bonds. The molecule has 1 saturated carbocycles. The quantitative estimate of drug-likeness (QED) is 0.696. The minimum Gasteiger partial charge on any atom is -0.466 e. The number of carbonyl (C=O) groups is 1. The van der Waals surface area contributed by atoms with Gasteiger partial charge in [0.25, 0.3) is 5.97 Å². The summed E-state index contributed by atoms with van der Waals surface area (Å²) in [6.45, 7) is 2.20. The first-order valence-electron chi connectivity index (χ1n) is 6.38. The van der Waals surface area contributed by atoms with Crippen molar-refractivity contribution in [2.24, 2.45) is 0 Å². The maximum absolute atomic E-state index is 11.3. The Bertz CT molecular complexity index is 279. The fourth-order valence-corrected chi connectivity index (χ4v) is 2.97. The summed E-state index contributed by atoms with van der Waals surface area (Å²) in [6, 6.07) is 0. The lowest BCUT2D eigenvalue weighted by Crippen LogP contribution is -2.62. The summed E-state index contributed by atoms with van der Waals surface area (Å²) in [5.74, 6) is -1.19. The van der Waals surface area contributed by atoms with E-state index in [4.69, 9.17) is 18.9 Å². The first kappa shape index (κ1) is 11.4. The van der Waals surface area contributed by atoms with E-state index in [-0.39, 0.29) is 30.7 Å². The third kappa shape index (κ3) is 2.19. The van der Waals surface area contributed by atoms with Gasteiger partial charge in [0, 0.05) is 25.7 Å². The van der Waals surface area contributed by atoms with Crippen molar-refractivity contribution in [3.8, 4) is 0 Å². The minimum atomic E-state index is -0.971. The van der Waals surface area contributed by atoms with E-state index in [0.717, 1.165) is 19.3 Å². The van der Waals surface area contributed by atoms with Crippen LogP contribution in [-0.4, -0.2) is 36.9 Å². The zero-order chi connectivity index (χ0) is 11.9. The van der Waals surface area contributed by atoms with Crippen molar-refractivity contribution in [2.75, 3.05) is 6.61 Å². The summed E-state index contributed by atoms with van der Waals surface area (Å²) < 4.78 is 22.3. The third-order valence-corrected chi connectivity index (χ3v) is 3.56. The van der Waals surface area contributed by atoms with Gasteiger partial charge in [0.15, 0.2) is 0 Å². The molecule has 17 heavy (non-hydrogen) atoms. The number of hydrogen-bond acceptors (Lipinski definition) is 5. The van der Waals surface area contributed by atoms with Crippen LogP contribution >= 0.6 is 0 Å². The van der Waals surface area contributed by atoms with E-state index in [9.17, 15) is 4.79 Å². The van der Waals surface area contributed by atoms with Crippen molar-refractivity contribution < 1.29 is 23.7 Å². The number of hydrogen-bond donors (Lipinski definition) is 0. The molecule has 3 aliphatic heterocycles. The smallest absolute Gasteiger partial charge is 0.306 e. The van der Waals surface area contributed by atoms with Crippen LogP contribution in [0.1, 0.15) is 39.0 Å². The Kier molecular flexibility index (Phi) is 2.84. The van der Waals surface area contributed by atoms with Crippen LogP contribution in [0.25, 0.3) is 0 Å². The molecule has 4 bridgehead atoms. The summed E-state index contributed by atoms with van der Waals surface area (Å²) in [5.41, 5.74) is 0. The lowest BCUT2D eigenvalue weighted by atomic mass is 9.89. The lowest BCUT2D eigenvalue weighted by Gasteiger charge is -2.55. The van der Waals surface area contributed by atoms with Crippen molar-refractivity contribution in [3.05, 3.63) is 0 Å². The molecule has 4 fully saturated rings. The molecular weight excluding hydrogens is 224 g/mol. The Morgan fingerprint density at radius 3 is 2.18 bits per heavy atom. The van der Waals surface area contributed by atoms with Crippen LogP contribution in [-0.2, 0) is 23.7 Å². The predicted molar refractivity (Wildman–Crippen MR) is 57.1 cm³/mol. The van der Waals surface area contributed by atoms with Crippen LogP contribution in [0.3, 0.4) is 0 Å². The third-order valence-electron chi connectivity index (χ3n) is 3.56. The topological polar surface area (TPSA) is 54.0 Å². The van der Waals surface area contributed by atoms with E-state index in [0.29, 0.717) is 13.0 Å². The van der Waals surface area contributed by atoms with Crippen LogP contribution in [0, 0.1) is 0 Å². The zero-order valence-corrected chi connectivity index (χ0v) is 10.0. The molecule has 0 atom stereocenters. The second-order valence-corrected chi connectivity index (χ2v) is 4.91.